The van der Waals surface area contributed by atoms with Crippen LogP contribution in [0.2, 0.25) is 0 Å². The van der Waals surface area contributed by atoms with Gasteiger partial charge in [0.05, 0.1) is 0 Å². The van der Waals surface area contributed by atoms with Gasteiger partial charge in [0.15, 0.2) is 0 Å². The molecule has 0 aliphatic carbocycles. The molecule has 0 spiro atoms. The summed E-state index contributed by atoms with van der Waals surface area (Å²) in [4.78, 5) is 22.8. The highest BCUT2D eigenvalue weighted by atomic mass is 16.5. The molecule has 0 heterocycles. The maximum atomic E-state index is 11.7. The molecule has 18 heavy (non-hydrogen) atoms. The van der Waals surface area contributed by atoms with E-state index in [9.17, 15) is 14.7 Å². The lowest BCUT2D eigenvalue weighted by Crippen LogP contribution is -2.41. The maximum Gasteiger partial charge on any atom is 0.333 e. The molecule has 0 aromatic rings. The molecule has 0 radical (unpaired) electrons. The first-order valence-corrected chi connectivity index (χ1v) is 5.99. The predicted octanol–water partition coefficient (Wildman–Crippen LogP) is 1.02. The summed E-state index contributed by atoms with van der Waals surface area (Å²) < 4.78 is 4.77. The molecule has 0 aliphatic rings. The molecule has 1 unspecified atom stereocenters. The van der Waals surface area contributed by atoms with Crippen LogP contribution in [0.5, 0.6) is 0 Å². The molecule has 5 heteroatoms. The van der Waals surface area contributed by atoms with Gasteiger partial charge in [0, 0.05) is 17.5 Å². The van der Waals surface area contributed by atoms with E-state index >= 15 is 0 Å². The van der Waals surface area contributed by atoms with Crippen LogP contribution >= 0.6 is 0 Å². The van der Waals surface area contributed by atoms with Crippen molar-refractivity contribution < 1.29 is 19.4 Å². The number of hydrogen-bond acceptors (Lipinski definition) is 4. The Balaban J connectivity index is 3.98. The van der Waals surface area contributed by atoms with Crippen molar-refractivity contribution in [3.63, 3.8) is 0 Å². The van der Waals surface area contributed by atoms with Gasteiger partial charge in [0.25, 0.3) is 0 Å². The molecule has 104 valence electrons. The molecule has 0 aromatic carbocycles. The topological polar surface area (TPSA) is 75.6 Å². The zero-order chi connectivity index (χ0) is 14.3. The third-order valence-corrected chi connectivity index (χ3v) is 2.75. The summed E-state index contributed by atoms with van der Waals surface area (Å²) >= 11 is 0. The largest absolute Gasteiger partial charge is 0.460 e. The summed E-state index contributed by atoms with van der Waals surface area (Å²) in [7, 11) is 0. The van der Waals surface area contributed by atoms with Crippen LogP contribution in [-0.4, -0.2) is 36.2 Å². The zero-order valence-electron chi connectivity index (χ0n) is 11.6. The third-order valence-electron chi connectivity index (χ3n) is 2.75. The van der Waals surface area contributed by atoms with Crippen LogP contribution in [0.3, 0.4) is 0 Å². The fourth-order valence-corrected chi connectivity index (χ4v) is 0.964. The van der Waals surface area contributed by atoms with Gasteiger partial charge in [-0.25, -0.2) is 4.79 Å². The van der Waals surface area contributed by atoms with Crippen LogP contribution in [0.4, 0.5) is 0 Å². The Morgan fingerprint density at radius 3 is 2.44 bits per heavy atom. The number of carbonyl (C=O) groups excluding carboxylic acids is 2. The minimum absolute atomic E-state index is 0.0612. The summed E-state index contributed by atoms with van der Waals surface area (Å²) in [6, 6.07) is 0. The monoisotopic (exact) mass is 257 g/mol. The average Bonchev–Trinajstić information content (AvgIpc) is 2.32. The van der Waals surface area contributed by atoms with Crippen molar-refractivity contribution >= 4 is 11.9 Å². The second-order valence-electron chi connectivity index (χ2n) is 4.98. The number of rotatable bonds is 7. The Morgan fingerprint density at radius 2 is 2.00 bits per heavy atom. The summed E-state index contributed by atoms with van der Waals surface area (Å²) in [6.07, 6.45) is -0.204. The zero-order valence-corrected chi connectivity index (χ0v) is 11.6. The number of esters is 1. The fourth-order valence-electron chi connectivity index (χ4n) is 0.964. The van der Waals surface area contributed by atoms with Gasteiger partial charge in [-0.05, 0) is 13.3 Å². The third kappa shape index (κ3) is 5.82. The molecule has 2 N–H and O–H groups in total. The maximum absolute atomic E-state index is 11.7. The van der Waals surface area contributed by atoms with E-state index in [0.717, 1.165) is 0 Å². The highest BCUT2D eigenvalue weighted by molar-refractivity contribution is 5.86. The molecule has 0 bridgehead atoms. The SMILES string of the molecule is C=C(C)C(=O)OCC(O)CNC(=O)C(C)(C)CC. The van der Waals surface area contributed by atoms with Crippen LogP contribution in [0.25, 0.3) is 0 Å². The van der Waals surface area contributed by atoms with E-state index in [1.165, 1.54) is 6.92 Å². The van der Waals surface area contributed by atoms with Crippen molar-refractivity contribution in [2.45, 2.75) is 40.2 Å². The van der Waals surface area contributed by atoms with Crippen molar-refractivity contribution in [2.75, 3.05) is 13.2 Å². The lowest BCUT2D eigenvalue weighted by atomic mass is 9.89. The lowest BCUT2D eigenvalue weighted by Gasteiger charge is -2.22. The number of aliphatic hydroxyl groups is 1. The number of hydrogen-bond donors (Lipinski definition) is 2. The number of amides is 1. The van der Waals surface area contributed by atoms with E-state index in [2.05, 4.69) is 11.9 Å². The standard InChI is InChI=1S/C13H23NO4/c1-6-13(4,5)12(17)14-7-10(15)8-18-11(16)9(2)3/h10,15H,2,6-8H2,1,3-5H3,(H,14,17). The highest BCUT2D eigenvalue weighted by Crippen LogP contribution is 2.19. The van der Waals surface area contributed by atoms with Gasteiger partial charge < -0.3 is 15.2 Å². The first kappa shape index (κ1) is 16.6. The summed E-state index contributed by atoms with van der Waals surface area (Å²) in [5.74, 6) is -0.676. The molecule has 0 saturated heterocycles. The van der Waals surface area contributed by atoms with Gasteiger partial charge >= 0.3 is 5.97 Å². The number of nitrogens with one attached hydrogen (secondary N) is 1. The normalized spacial score (nSPS) is 12.7. The minimum Gasteiger partial charge on any atom is -0.460 e. The van der Waals surface area contributed by atoms with E-state index < -0.39 is 17.5 Å². The summed E-state index contributed by atoms with van der Waals surface area (Å²) in [6.45, 7) is 10.4. The molecule has 0 saturated carbocycles. The smallest absolute Gasteiger partial charge is 0.333 e. The second-order valence-corrected chi connectivity index (χ2v) is 4.98. The Bertz CT molecular complexity index is 323. The van der Waals surface area contributed by atoms with E-state index in [-0.39, 0.29) is 24.6 Å². The van der Waals surface area contributed by atoms with E-state index in [1.807, 2.05) is 20.8 Å². The van der Waals surface area contributed by atoms with Crippen LogP contribution in [0.15, 0.2) is 12.2 Å². The lowest BCUT2D eigenvalue weighted by molar-refractivity contribution is -0.141. The highest BCUT2D eigenvalue weighted by Gasteiger charge is 2.25. The number of carbonyl (C=O) groups is 2. The molecule has 0 aliphatic heterocycles. The minimum atomic E-state index is -0.912. The van der Waals surface area contributed by atoms with Crippen molar-refractivity contribution in [3.05, 3.63) is 12.2 Å². The first-order valence-electron chi connectivity index (χ1n) is 5.99. The molecular formula is C13H23NO4. The van der Waals surface area contributed by atoms with Crippen molar-refractivity contribution in [1.29, 1.82) is 0 Å². The molecule has 5 nitrogen and oxygen atoms in total. The van der Waals surface area contributed by atoms with Gasteiger partial charge in [-0.3, -0.25) is 4.79 Å². The Kier molecular flexibility index (Phi) is 6.62. The van der Waals surface area contributed by atoms with Gasteiger partial charge in [-0.15, -0.1) is 0 Å². The Morgan fingerprint density at radius 1 is 1.44 bits per heavy atom. The fraction of sp³-hybridized carbons (Fsp3) is 0.692. The van der Waals surface area contributed by atoms with Crippen molar-refractivity contribution in [2.24, 2.45) is 5.41 Å². The van der Waals surface area contributed by atoms with Crippen molar-refractivity contribution in [3.8, 4) is 0 Å². The van der Waals surface area contributed by atoms with Gasteiger partial charge in [-0.2, -0.15) is 0 Å². The molecule has 1 amide bonds. The second kappa shape index (κ2) is 7.16. The molecule has 0 rings (SSSR count). The first-order chi connectivity index (χ1) is 8.20. The summed E-state index contributed by atoms with van der Waals surface area (Å²) in [5, 5.41) is 12.2. The van der Waals surface area contributed by atoms with E-state index in [0.29, 0.717) is 6.42 Å². The molecular weight excluding hydrogens is 234 g/mol. The number of aliphatic hydroxyl groups excluding tert-OH is 1. The van der Waals surface area contributed by atoms with Crippen LogP contribution in [-0.2, 0) is 14.3 Å². The number of ether oxygens (including phenoxy) is 1. The summed E-state index contributed by atoms with van der Waals surface area (Å²) in [5.41, 5.74) is -0.188. The Hall–Kier alpha value is -1.36. The molecule has 1 atom stereocenters. The van der Waals surface area contributed by atoms with Gasteiger partial charge in [0.1, 0.15) is 12.7 Å². The van der Waals surface area contributed by atoms with Crippen molar-refractivity contribution in [1.82, 2.24) is 5.32 Å². The van der Waals surface area contributed by atoms with Crippen LogP contribution < -0.4 is 5.32 Å². The van der Waals surface area contributed by atoms with Crippen LogP contribution in [0.1, 0.15) is 34.1 Å². The Labute approximate surface area is 108 Å². The van der Waals surface area contributed by atoms with E-state index in [4.69, 9.17) is 4.74 Å². The molecule has 0 fully saturated rings. The van der Waals surface area contributed by atoms with Gasteiger partial charge in [0.2, 0.25) is 5.91 Å². The average molecular weight is 257 g/mol. The van der Waals surface area contributed by atoms with Gasteiger partial charge in [-0.1, -0.05) is 27.4 Å². The van der Waals surface area contributed by atoms with E-state index in [1.54, 1.807) is 0 Å². The predicted molar refractivity (Wildman–Crippen MR) is 68.9 cm³/mol. The quantitative estimate of drug-likeness (QED) is 0.527. The van der Waals surface area contributed by atoms with Crippen LogP contribution in [0, 0.1) is 5.41 Å². The molecule has 0 aromatic heterocycles.